The fourth-order valence-electron chi connectivity index (χ4n) is 2.67. The second kappa shape index (κ2) is 8.04. The summed E-state index contributed by atoms with van der Waals surface area (Å²) in [6.45, 7) is 0. The Labute approximate surface area is 167 Å². The Kier molecular flexibility index (Phi) is 5.31. The second-order valence-electron chi connectivity index (χ2n) is 5.71. The summed E-state index contributed by atoms with van der Waals surface area (Å²) >= 11 is 1.86. The SMILES string of the molecule is O=C(c1ccncc1)N(c1ccc(SC(F)F)cc1)c1nc2ccccc2s1. The molecule has 0 aliphatic heterocycles. The monoisotopic (exact) mass is 413 g/mol. The summed E-state index contributed by atoms with van der Waals surface area (Å²) < 4.78 is 26.1. The van der Waals surface area contributed by atoms with E-state index in [1.807, 2.05) is 24.3 Å². The van der Waals surface area contributed by atoms with E-state index in [1.54, 1.807) is 48.8 Å². The minimum absolute atomic E-state index is 0.268. The Morgan fingerprint density at radius 1 is 1.00 bits per heavy atom. The molecule has 0 aliphatic rings. The first kappa shape index (κ1) is 18.5. The molecule has 0 saturated carbocycles. The normalized spacial score (nSPS) is 11.1. The molecule has 0 saturated heterocycles. The van der Waals surface area contributed by atoms with Gasteiger partial charge in [0.2, 0.25) is 0 Å². The molecule has 8 heteroatoms. The van der Waals surface area contributed by atoms with Gasteiger partial charge in [0.1, 0.15) is 0 Å². The molecule has 0 aliphatic carbocycles. The summed E-state index contributed by atoms with van der Waals surface area (Å²) in [6.07, 6.45) is 3.10. The van der Waals surface area contributed by atoms with Crippen LogP contribution in [-0.2, 0) is 0 Å². The third-order valence-electron chi connectivity index (χ3n) is 3.92. The number of thioether (sulfide) groups is 1. The number of benzene rings is 2. The van der Waals surface area contributed by atoms with E-state index in [0.29, 0.717) is 33.0 Å². The molecule has 140 valence electrons. The number of para-hydroxylation sites is 1. The van der Waals surface area contributed by atoms with Crippen LogP contribution >= 0.6 is 23.1 Å². The molecule has 0 atom stereocenters. The maximum absolute atomic E-state index is 13.2. The first-order chi connectivity index (χ1) is 13.6. The molecule has 28 heavy (non-hydrogen) atoms. The Balaban J connectivity index is 1.78. The van der Waals surface area contributed by atoms with Crippen molar-refractivity contribution in [1.82, 2.24) is 9.97 Å². The van der Waals surface area contributed by atoms with Gasteiger partial charge in [-0.25, -0.2) is 4.98 Å². The van der Waals surface area contributed by atoms with Crippen LogP contribution in [-0.4, -0.2) is 21.6 Å². The molecule has 0 N–H and O–H groups in total. The van der Waals surface area contributed by atoms with Crippen LogP contribution in [0.4, 0.5) is 19.6 Å². The standard InChI is InChI=1S/C20H13F2N3OS2/c21-19(22)27-15-7-5-14(6-8-15)25(18(26)13-9-11-23-12-10-13)20-24-16-3-1-2-4-17(16)28-20/h1-12,19H. The maximum atomic E-state index is 13.2. The lowest BCUT2D eigenvalue weighted by Gasteiger charge is -2.20. The number of fused-ring (bicyclic) bond motifs is 1. The Morgan fingerprint density at radius 2 is 1.71 bits per heavy atom. The van der Waals surface area contributed by atoms with Gasteiger partial charge in [-0.05, 0) is 48.5 Å². The van der Waals surface area contributed by atoms with Gasteiger partial charge in [-0.1, -0.05) is 35.2 Å². The predicted octanol–water partition coefficient (Wildman–Crippen LogP) is 5.98. The molecule has 0 unspecified atom stereocenters. The van der Waals surface area contributed by atoms with E-state index in [1.165, 1.54) is 16.2 Å². The zero-order chi connectivity index (χ0) is 19.5. The van der Waals surface area contributed by atoms with Gasteiger partial charge in [-0.2, -0.15) is 8.78 Å². The Morgan fingerprint density at radius 3 is 2.39 bits per heavy atom. The second-order valence-corrected chi connectivity index (χ2v) is 7.79. The molecule has 0 radical (unpaired) electrons. The molecule has 4 rings (SSSR count). The van der Waals surface area contributed by atoms with Crippen LogP contribution in [0.25, 0.3) is 10.2 Å². The molecular weight excluding hydrogens is 400 g/mol. The zero-order valence-electron chi connectivity index (χ0n) is 14.3. The lowest BCUT2D eigenvalue weighted by Crippen LogP contribution is -2.25. The number of anilines is 2. The fraction of sp³-hybridized carbons (Fsp3) is 0.0500. The van der Waals surface area contributed by atoms with Gasteiger partial charge < -0.3 is 0 Å². The van der Waals surface area contributed by atoms with Crippen molar-refractivity contribution in [1.29, 1.82) is 0 Å². The van der Waals surface area contributed by atoms with Gasteiger partial charge in [0.25, 0.3) is 11.7 Å². The number of nitrogens with zero attached hydrogens (tertiary/aromatic N) is 3. The van der Waals surface area contributed by atoms with Crippen molar-refractivity contribution >= 4 is 50.0 Å². The molecule has 2 aromatic carbocycles. The lowest BCUT2D eigenvalue weighted by molar-refractivity contribution is 0.0999. The number of amides is 1. The highest BCUT2D eigenvalue weighted by Gasteiger charge is 2.23. The summed E-state index contributed by atoms with van der Waals surface area (Å²) in [7, 11) is 0. The summed E-state index contributed by atoms with van der Waals surface area (Å²) in [4.78, 5) is 23.7. The van der Waals surface area contributed by atoms with E-state index >= 15 is 0 Å². The summed E-state index contributed by atoms with van der Waals surface area (Å²) in [6, 6.07) is 17.3. The number of thiazole rings is 1. The number of aromatic nitrogens is 2. The highest BCUT2D eigenvalue weighted by Crippen LogP contribution is 2.35. The van der Waals surface area contributed by atoms with E-state index in [0.717, 1.165) is 10.2 Å². The number of halogens is 2. The molecular formula is C20H13F2N3OS2. The summed E-state index contributed by atoms with van der Waals surface area (Å²) in [5.74, 6) is -2.76. The van der Waals surface area contributed by atoms with Crippen LogP contribution in [0.5, 0.6) is 0 Å². The van der Waals surface area contributed by atoms with Crippen molar-refractivity contribution in [2.45, 2.75) is 10.7 Å². The molecule has 0 fully saturated rings. The van der Waals surface area contributed by atoms with Crippen molar-refractivity contribution in [2.75, 3.05) is 4.90 Å². The first-order valence-corrected chi connectivity index (χ1v) is 9.96. The Hall–Kier alpha value is -2.84. The predicted molar refractivity (Wildman–Crippen MR) is 109 cm³/mol. The van der Waals surface area contributed by atoms with Crippen molar-refractivity contribution in [3.8, 4) is 0 Å². The fourth-order valence-corrected chi connectivity index (χ4v) is 4.15. The third kappa shape index (κ3) is 3.88. The number of hydrogen-bond donors (Lipinski definition) is 0. The third-order valence-corrected chi connectivity index (χ3v) is 5.67. The minimum Gasteiger partial charge on any atom is -0.268 e. The molecule has 4 nitrogen and oxygen atoms in total. The molecule has 1 amide bonds. The average Bonchev–Trinajstić information content (AvgIpc) is 3.13. The van der Waals surface area contributed by atoms with Crippen LogP contribution in [0.3, 0.4) is 0 Å². The maximum Gasteiger partial charge on any atom is 0.288 e. The van der Waals surface area contributed by atoms with E-state index in [2.05, 4.69) is 9.97 Å². The average molecular weight is 413 g/mol. The van der Waals surface area contributed by atoms with Crippen molar-refractivity contribution in [2.24, 2.45) is 0 Å². The van der Waals surface area contributed by atoms with Crippen LogP contribution < -0.4 is 4.90 Å². The summed E-state index contributed by atoms with van der Waals surface area (Å²) in [5, 5.41) is 0.511. The zero-order valence-corrected chi connectivity index (χ0v) is 16.0. The van der Waals surface area contributed by atoms with Crippen molar-refractivity contribution in [3.05, 3.63) is 78.6 Å². The van der Waals surface area contributed by atoms with Crippen LogP contribution in [0, 0.1) is 0 Å². The van der Waals surface area contributed by atoms with Crippen LogP contribution in [0.2, 0.25) is 0 Å². The van der Waals surface area contributed by atoms with Gasteiger partial charge in [0.15, 0.2) is 5.13 Å². The van der Waals surface area contributed by atoms with Crippen molar-refractivity contribution < 1.29 is 13.6 Å². The van der Waals surface area contributed by atoms with E-state index in [-0.39, 0.29) is 5.91 Å². The van der Waals surface area contributed by atoms with Gasteiger partial charge in [-0.15, -0.1) is 0 Å². The first-order valence-electron chi connectivity index (χ1n) is 8.27. The molecule has 0 bridgehead atoms. The largest absolute Gasteiger partial charge is 0.288 e. The Bertz CT molecular complexity index is 1070. The number of pyridine rings is 1. The number of carbonyl (C=O) groups excluding carboxylic acids is 1. The topological polar surface area (TPSA) is 46.1 Å². The molecule has 4 aromatic rings. The van der Waals surface area contributed by atoms with Gasteiger partial charge in [0, 0.05) is 22.9 Å². The number of alkyl halides is 2. The van der Waals surface area contributed by atoms with E-state index in [4.69, 9.17) is 0 Å². The van der Waals surface area contributed by atoms with Crippen LogP contribution in [0.15, 0.2) is 78.0 Å². The minimum atomic E-state index is -2.50. The number of hydrogen-bond acceptors (Lipinski definition) is 5. The van der Waals surface area contributed by atoms with E-state index < -0.39 is 5.76 Å². The van der Waals surface area contributed by atoms with Gasteiger partial charge in [0.05, 0.1) is 15.9 Å². The molecule has 2 aromatic heterocycles. The van der Waals surface area contributed by atoms with E-state index in [9.17, 15) is 13.6 Å². The van der Waals surface area contributed by atoms with Gasteiger partial charge >= 0.3 is 0 Å². The quantitative estimate of drug-likeness (QED) is 0.377. The van der Waals surface area contributed by atoms with Crippen molar-refractivity contribution in [3.63, 3.8) is 0 Å². The number of rotatable bonds is 5. The highest BCUT2D eigenvalue weighted by atomic mass is 32.2. The lowest BCUT2D eigenvalue weighted by atomic mass is 10.2. The molecule has 2 heterocycles. The smallest absolute Gasteiger partial charge is 0.268 e. The highest BCUT2D eigenvalue weighted by molar-refractivity contribution is 7.99. The summed E-state index contributed by atoms with van der Waals surface area (Å²) in [5.41, 5.74) is 1.81. The van der Waals surface area contributed by atoms with Gasteiger partial charge in [-0.3, -0.25) is 14.7 Å². The number of carbonyl (C=O) groups is 1. The molecule has 0 spiro atoms. The van der Waals surface area contributed by atoms with Crippen LogP contribution in [0.1, 0.15) is 10.4 Å².